The van der Waals surface area contributed by atoms with Crippen LogP contribution in [0.3, 0.4) is 0 Å². The van der Waals surface area contributed by atoms with Crippen LogP contribution in [0.15, 0.2) is 78.9 Å². The Kier molecular flexibility index (Phi) is 8.47. The zero-order chi connectivity index (χ0) is 23.6. The number of hydrogen-bond acceptors (Lipinski definition) is 4. The van der Waals surface area contributed by atoms with E-state index in [1.165, 1.54) is 0 Å². The molecule has 0 heterocycles. The molecule has 0 aliphatic carbocycles. The van der Waals surface area contributed by atoms with Crippen molar-refractivity contribution in [1.29, 1.82) is 0 Å². The number of carbonyl (C=O) groups is 2. The number of anilines is 2. The molecule has 0 unspecified atom stereocenters. The minimum absolute atomic E-state index is 0.282. The molecule has 0 fully saturated rings. The number of carbonyl (C=O) groups excluding carboxylic acids is 2. The van der Waals surface area contributed by atoms with Gasteiger partial charge in [0.15, 0.2) is 12.2 Å². The van der Waals surface area contributed by atoms with Crippen LogP contribution in [0, 0.1) is 6.92 Å². The molecule has 2 atom stereocenters. The average Bonchev–Trinajstić information content (AvgIpc) is 2.83. The van der Waals surface area contributed by atoms with Crippen molar-refractivity contribution in [3.05, 3.63) is 84.4 Å². The Bertz CT molecular complexity index is 1050. The number of ether oxygens (including phenoxy) is 2. The average molecular weight is 447 g/mol. The van der Waals surface area contributed by atoms with Gasteiger partial charge in [-0.05, 0) is 61.7 Å². The van der Waals surface area contributed by atoms with Crippen molar-refractivity contribution in [3.63, 3.8) is 0 Å². The summed E-state index contributed by atoms with van der Waals surface area (Å²) >= 11 is 0. The summed E-state index contributed by atoms with van der Waals surface area (Å²) in [5.74, 6) is 0.685. The van der Waals surface area contributed by atoms with Gasteiger partial charge in [-0.1, -0.05) is 56.3 Å². The predicted octanol–water partition coefficient (Wildman–Crippen LogP) is 5.59. The van der Waals surface area contributed by atoms with E-state index in [0.717, 1.165) is 5.56 Å². The fourth-order valence-corrected chi connectivity index (χ4v) is 3.27. The molecule has 0 aliphatic rings. The number of nitrogens with one attached hydrogen (secondary N) is 2. The van der Waals surface area contributed by atoms with Crippen LogP contribution >= 0.6 is 0 Å². The second kappa shape index (κ2) is 11.7. The molecule has 2 N–H and O–H groups in total. The summed E-state index contributed by atoms with van der Waals surface area (Å²) in [5.41, 5.74) is 1.97. The maximum atomic E-state index is 13.0. The van der Waals surface area contributed by atoms with E-state index in [4.69, 9.17) is 9.47 Å². The summed E-state index contributed by atoms with van der Waals surface area (Å²) in [6, 6.07) is 23.9. The zero-order valence-electron chi connectivity index (χ0n) is 19.2. The third kappa shape index (κ3) is 6.84. The number of hydrogen-bond donors (Lipinski definition) is 2. The Labute approximate surface area is 194 Å². The first-order chi connectivity index (χ1) is 16.0. The quantitative estimate of drug-likeness (QED) is 0.426. The number of aryl methyl sites for hydroxylation is 1. The minimum atomic E-state index is -0.665. The summed E-state index contributed by atoms with van der Waals surface area (Å²) in [6.07, 6.45) is -0.336. The van der Waals surface area contributed by atoms with E-state index >= 15 is 0 Å². The molecule has 3 rings (SSSR count). The Hall–Kier alpha value is -3.80. The molecule has 0 saturated carbocycles. The van der Waals surface area contributed by atoms with E-state index in [2.05, 4.69) is 10.6 Å². The maximum Gasteiger partial charge on any atom is 0.265 e. The van der Waals surface area contributed by atoms with E-state index in [0.29, 0.717) is 35.7 Å². The lowest BCUT2D eigenvalue weighted by molar-refractivity contribution is -0.123. The lowest BCUT2D eigenvalue weighted by atomic mass is 10.1. The monoisotopic (exact) mass is 446 g/mol. The fraction of sp³-hybridized carbons (Fsp3) is 0.259. The van der Waals surface area contributed by atoms with Gasteiger partial charge in [-0.25, -0.2) is 0 Å². The van der Waals surface area contributed by atoms with Crippen molar-refractivity contribution in [2.24, 2.45) is 0 Å². The molecule has 0 radical (unpaired) electrons. The number of rotatable bonds is 10. The molecule has 33 heavy (non-hydrogen) atoms. The summed E-state index contributed by atoms with van der Waals surface area (Å²) in [6.45, 7) is 5.70. The van der Waals surface area contributed by atoms with E-state index in [-0.39, 0.29) is 11.8 Å². The van der Waals surface area contributed by atoms with Gasteiger partial charge in [-0.15, -0.1) is 0 Å². The van der Waals surface area contributed by atoms with Crippen LogP contribution in [0.2, 0.25) is 0 Å². The highest BCUT2D eigenvalue weighted by Gasteiger charge is 2.22. The molecule has 0 aromatic heterocycles. The summed E-state index contributed by atoms with van der Waals surface area (Å²) in [7, 11) is 0. The van der Waals surface area contributed by atoms with Crippen molar-refractivity contribution in [3.8, 4) is 11.5 Å². The van der Waals surface area contributed by atoms with Gasteiger partial charge in [0.05, 0.1) is 11.4 Å². The highest BCUT2D eigenvalue weighted by atomic mass is 16.5. The van der Waals surface area contributed by atoms with E-state index < -0.39 is 12.2 Å². The Balaban J connectivity index is 1.72. The molecule has 3 aromatic carbocycles. The standard InChI is InChI=1S/C27H30N2O4/c1-4-24(32-20-12-8-6-9-13-20)26(30)28-22-17-16-19(3)18-23(22)29-27(31)25(5-2)33-21-14-10-7-11-15-21/h6-18,24-25H,4-5H2,1-3H3,(H,28,30)(H,29,31)/t24-,25+/m1/s1. The molecule has 0 spiro atoms. The molecule has 172 valence electrons. The molecule has 6 heteroatoms. The largest absolute Gasteiger partial charge is 0.481 e. The first kappa shape index (κ1) is 23.9. The van der Waals surface area contributed by atoms with Gasteiger partial charge in [0.2, 0.25) is 0 Å². The van der Waals surface area contributed by atoms with Gasteiger partial charge >= 0.3 is 0 Å². The third-order valence-corrected chi connectivity index (χ3v) is 5.06. The van der Waals surface area contributed by atoms with Gasteiger partial charge in [0, 0.05) is 0 Å². The first-order valence-electron chi connectivity index (χ1n) is 11.2. The van der Waals surface area contributed by atoms with Crippen molar-refractivity contribution in [1.82, 2.24) is 0 Å². The van der Waals surface area contributed by atoms with Crippen LogP contribution in [-0.4, -0.2) is 24.0 Å². The van der Waals surface area contributed by atoms with Crippen LogP contribution in [0.4, 0.5) is 11.4 Å². The molecular formula is C27H30N2O4. The van der Waals surface area contributed by atoms with Crippen molar-refractivity contribution >= 4 is 23.2 Å². The Morgan fingerprint density at radius 1 is 0.697 bits per heavy atom. The van der Waals surface area contributed by atoms with Crippen LogP contribution in [0.1, 0.15) is 32.3 Å². The molecule has 3 aromatic rings. The van der Waals surface area contributed by atoms with E-state index in [1.807, 2.05) is 93.6 Å². The second-order valence-electron chi connectivity index (χ2n) is 7.68. The number of benzene rings is 3. The van der Waals surface area contributed by atoms with E-state index in [9.17, 15) is 9.59 Å². The van der Waals surface area contributed by atoms with Crippen LogP contribution in [0.25, 0.3) is 0 Å². The molecular weight excluding hydrogens is 416 g/mol. The number of para-hydroxylation sites is 2. The van der Waals surface area contributed by atoms with Gasteiger partial charge in [0.25, 0.3) is 11.8 Å². The molecule has 0 bridgehead atoms. The lowest BCUT2D eigenvalue weighted by Gasteiger charge is -2.21. The highest BCUT2D eigenvalue weighted by molar-refractivity contribution is 6.02. The minimum Gasteiger partial charge on any atom is -0.481 e. The zero-order valence-corrected chi connectivity index (χ0v) is 19.2. The van der Waals surface area contributed by atoms with Gasteiger partial charge < -0.3 is 20.1 Å². The summed E-state index contributed by atoms with van der Waals surface area (Å²) in [5, 5.41) is 5.82. The van der Waals surface area contributed by atoms with Gasteiger partial charge in [-0.2, -0.15) is 0 Å². The Morgan fingerprint density at radius 2 is 1.15 bits per heavy atom. The van der Waals surface area contributed by atoms with Crippen LogP contribution in [-0.2, 0) is 9.59 Å². The van der Waals surface area contributed by atoms with Gasteiger partial charge in [0.1, 0.15) is 11.5 Å². The Morgan fingerprint density at radius 3 is 1.61 bits per heavy atom. The molecule has 0 aliphatic heterocycles. The highest BCUT2D eigenvalue weighted by Crippen LogP contribution is 2.25. The molecule has 6 nitrogen and oxygen atoms in total. The fourth-order valence-electron chi connectivity index (χ4n) is 3.27. The van der Waals surface area contributed by atoms with Crippen molar-refractivity contribution < 1.29 is 19.1 Å². The summed E-state index contributed by atoms with van der Waals surface area (Å²) in [4.78, 5) is 25.9. The topological polar surface area (TPSA) is 76.7 Å². The lowest BCUT2D eigenvalue weighted by Crippen LogP contribution is -2.34. The normalized spacial score (nSPS) is 12.3. The van der Waals surface area contributed by atoms with Crippen molar-refractivity contribution in [2.45, 2.75) is 45.8 Å². The van der Waals surface area contributed by atoms with E-state index in [1.54, 1.807) is 6.07 Å². The SMILES string of the molecule is CC[C@H](Oc1ccccc1)C(=O)Nc1cc(C)ccc1NC(=O)[C@@H](CC)Oc1ccccc1. The van der Waals surface area contributed by atoms with Crippen LogP contribution in [0.5, 0.6) is 11.5 Å². The smallest absolute Gasteiger partial charge is 0.265 e. The summed E-state index contributed by atoms with van der Waals surface area (Å²) < 4.78 is 11.7. The van der Waals surface area contributed by atoms with Gasteiger partial charge in [-0.3, -0.25) is 9.59 Å². The van der Waals surface area contributed by atoms with Crippen molar-refractivity contribution in [2.75, 3.05) is 10.6 Å². The second-order valence-corrected chi connectivity index (χ2v) is 7.68. The maximum absolute atomic E-state index is 13.0. The first-order valence-corrected chi connectivity index (χ1v) is 11.2. The number of amides is 2. The predicted molar refractivity (Wildman–Crippen MR) is 131 cm³/mol. The third-order valence-electron chi connectivity index (χ3n) is 5.06. The molecule has 2 amide bonds. The van der Waals surface area contributed by atoms with Crippen LogP contribution < -0.4 is 20.1 Å². The molecule has 0 saturated heterocycles.